The number of hydrogen-bond donors (Lipinski definition) is 0. The molecule has 0 unspecified atom stereocenters. The number of anilines is 2. The van der Waals surface area contributed by atoms with Crippen LogP contribution in [0.2, 0.25) is 0 Å². The van der Waals surface area contributed by atoms with Crippen LogP contribution in [0, 0.1) is 6.92 Å². The molecule has 0 radical (unpaired) electrons. The third kappa shape index (κ3) is 2.01. The van der Waals surface area contributed by atoms with Gasteiger partial charge >= 0.3 is 0 Å². The Balaban J connectivity index is 1.63. The van der Waals surface area contributed by atoms with Gasteiger partial charge in [0.15, 0.2) is 5.82 Å². The summed E-state index contributed by atoms with van der Waals surface area (Å²) in [4.78, 5) is 16.6. The zero-order valence-electron chi connectivity index (χ0n) is 11.8. The van der Waals surface area contributed by atoms with Crippen LogP contribution in [-0.2, 0) is 4.79 Å². The first-order valence-corrected chi connectivity index (χ1v) is 8.09. The van der Waals surface area contributed by atoms with Crippen molar-refractivity contribution in [1.82, 2.24) is 10.2 Å². The number of fused-ring (bicyclic) bond motifs is 1. The predicted molar refractivity (Wildman–Crippen MR) is 82.7 cm³/mol. The summed E-state index contributed by atoms with van der Waals surface area (Å²) in [5.41, 5.74) is 1.95. The minimum absolute atomic E-state index is 0.216. The van der Waals surface area contributed by atoms with Gasteiger partial charge < -0.3 is 9.80 Å². The lowest BCUT2D eigenvalue weighted by Gasteiger charge is -2.25. The Kier molecular flexibility index (Phi) is 2.92. The molecule has 2 aliphatic heterocycles. The molecule has 21 heavy (non-hydrogen) atoms. The highest BCUT2D eigenvalue weighted by molar-refractivity contribution is 7.08. The summed E-state index contributed by atoms with van der Waals surface area (Å²) in [6.45, 7) is 2.86. The molecule has 5 nitrogen and oxygen atoms in total. The number of hydrogen-bond acceptors (Lipinski definition) is 5. The fraction of sp³-hybridized carbons (Fsp3) is 0.400. The Hall–Kier alpha value is -1.95. The van der Waals surface area contributed by atoms with E-state index in [1.807, 2.05) is 35.4 Å². The highest BCUT2D eigenvalue weighted by atomic mass is 32.1. The molecule has 1 amide bonds. The minimum atomic E-state index is 0.216. The topological polar surface area (TPSA) is 49.3 Å². The van der Waals surface area contributed by atoms with Crippen LogP contribution in [0.4, 0.5) is 11.5 Å². The fourth-order valence-electron chi connectivity index (χ4n) is 3.41. The third-order valence-corrected chi connectivity index (χ3v) is 5.03. The van der Waals surface area contributed by atoms with Crippen LogP contribution in [0.15, 0.2) is 29.0 Å². The van der Waals surface area contributed by atoms with Crippen molar-refractivity contribution in [2.75, 3.05) is 16.3 Å². The van der Waals surface area contributed by atoms with Gasteiger partial charge in [-0.3, -0.25) is 4.79 Å². The Morgan fingerprint density at radius 2 is 2.14 bits per heavy atom. The minimum Gasteiger partial charge on any atom is -0.349 e. The van der Waals surface area contributed by atoms with E-state index in [2.05, 4.69) is 20.5 Å². The van der Waals surface area contributed by atoms with Gasteiger partial charge in [-0.15, -0.1) is 5.10 Å². The van der Waals surface area contributed by atoms with Crippen LogP contribution in [-0.4, -0.2) is 34.7 Å². The molecule has 4 heterocycles. The van der Waals surface area contributed by atoms with Crippen molar-refractivity contribution < 1.29 is 4.79 Å². The number of nitrogens with zero attached hydrogens (tertiary/aromatic N) is 4. The van der Waals surface area contributed by atoms with Crippen molar-refractivity contribution in [2.24, 2.45) is 0 Å². The van der Waals surface area contributed by atoms with E-state index in [9.17, 15) is 4.79 Å². The average Bonchev–Trinajstić information content (AvgIpc) is 3.16. The summed E-state index contributed by atoms with van der Waals surface area (Å²) < 4.78 is 0. The second-order valence-corrected chi connectivity index (χ2v) is 6.38. The molecule has 2 atom stereocenters. The maximum atomic E-state index is 12.4. The van der Waals surface area contributed by atoms with E-state index in [1.165, 1.54) is 0 Å². The van der Waals surface area contributed by atoms with Crippen molar-refractivity contribution in [3.05, 3.63) is 34.7 Å². The van der Waals surface area contributed by atoms with Gasteiger partial charge in [-0.05, 0) is 36.9 Å². The molecule has 108 valence electrons. The quantitative estimate of drug-likeness (QED) is 0.853. The number of rotatable bonds is 2. The molecule has 0 saturated carbocycles. The highest BCUT2D eigenvalue weighted by Crippen LogP contribution is 2.38. The smallest absolute Gasteiger partial charge is 0.229 e. The van der Waals surface area contributed by atoms with E-state index in [1.54, 1.807) is 11.3 Å². The first-order chi connectivity index (χ1) is 10.2. The summed E-state index contributed by atoms with van der Waals surface area (Å²) in [6, 6.07) is 6.48. The third-order valence-electron chi connectivity index (χ3n) is 4.36. The standard InChI is InChI=1S/C15H16N4OS/c1-10-2-3-14(17-16-10)18-6-4-12-13(18)8-15(20)19(12)11-5-7-21-9-11/h2-3,5,7,9,12-13H,4,6,8H2,1H3/t12-,13+/m1/s1. The molecule has 2 fully saturated rings. The first-order valence-electron chi connectivity index (χ1n) is 7.15. The van der Waals surface area contributed by atoms with E-state index >= 15 is 0 Å². The molecular weight excluding hydrogens is 284 g/mol. The van der Waals surface area contributed by atoms with Crippen molar-refractivity contribution >= 4 is 28.7 Å². The monoisotopic (exact) mass is 300 g/mol. The Bertz CT molecular complexity index is 655. The van der Waals surface area contributed by atoms with Gasteiger partial charge in [0, 0.05) is 18.3 Å². The van der Waals surface area contributed by atoms with Gasteiger partial charge in [-0.2, -0.15) is 16.4 Å². The molecule has 2 saturated heterocycles. The molecule has 2 aliphatic rings. The summed E-state index contributed by atoms with van der Waals surface area (Å²) in [7, 11) is 0. The maximum absolute atomic E-state index is 12.4. The van der Waals surface area contributed by atoms with Crippen LogP contribution in [0.3, 0.4) is 0 Å². The number of amides is 1. The van der Waals surface area contributed by atoms with Crippen LogP contribution < -0.4 is 9.80 Å². The Morgan fingerprint density at radius 1 is 1.24 bits per heavy atom. The second kappa shape index (κ2) is 4.80. The van der Waals surface area contributed by atoms with Crippen molar-refractivity contribution in [2.45, 2.75) is 31.8 Å². The second-order valence-electron chi connectivity index (χ2n) is 5.60. The Morgan fingerprint density at radius 3 is 2.86 bits per heavy atom. The molecule has 0 aliphatic carbocycles. The van der Waals surface area contributed by atoms with Gasteiger partial charge in [0.1, 0.15) is 0 Å². The number of aryl methyl sites for hydroxylation is 1. The average molecular weight is 300 g/mol. The largest absolute Gasteiger partial charge is 0.349 e. The van der Waals surface area contributed by atoms with Crippen molar-refractivity contribution in [1.29, 1.82) is 0 Å². The molecule has 6 heteroatoms. The summed E-state index contributed by atoms with van der Waals surface area (Å²) in [5.74, 6) is 1.10. The number of thiophene rings is 1. The number of carbonyl (C=O) groups is 1. The van der Waals surface area contributed by atoms with Gasteiger partial charge in [-0.25, -0.2) is 0 Å². The van der Waals surface area contributed by atoms with Crippen molar-refractivity contribution in [3.8, 4) is 0 Å². The van der Waals surface area contributed by atoms with E-state index < -0.39 is 0 Å². The van der Waals surface area contributed by atoms with Crippen LogP contribution in [0.1, 0.15) is 18.5 Å². The van der Waals surface area contributed by atoms with Gasteiger partial charge in [0.25, 0.3) is 0 Å². The van der Waals surface area contributed by atoms with E-state index in [4.69, 9.17) is 0 Å². The van der Waals surface area contributed by atoms with E-state index in [-0.39, 0.29) is 18.0 Å². The molecule has 4 rings (SSSR count). The summed E-state index contributed by atoms with van der Waals surface area (Å²) in [6.07, 6.45) is 1.55. The summed E-state index contributed by atoms with van der Waals surface area (Å²) in [5, 5.41) is 12.5. The summed E-state index contributed by atoms with van der Waals surface area (Å²) >= 11 is 1.63. The molecule has 0 spiro atoms. The molecule has 2 aromatic rings. The highest BCUT2D eigenvalue weighted by Gasteiger charge is 2.47. The van der Waals surface area contributed by atoms with Crippen LogP contribution in [0.25, 0.3) is 0 Å². The van der Waals surface area contributed by atoms with Gasteiger partial charge in [-0.1, -0.05) is 0 Å². The first kappa shape index (κ1) is 12.8. The zero-order valence-corrected chi connectivity index (χ0v) is 12.6. The lowest BCUT2D eigenvalue weighted by Crippen LogP contribution is -2.37. The van der Waals surface area contributed by atoms with Crippen molar-refractivity contribution in [3.63, 3.8) is 0 Å². The number of carbonyl (C=O) groups excluding carboxylic acids is 1. The van der Waals surface area contributed by atoms with E-state index in [0.717, 1.165) is 30.2 Å². The van der Waals surface area contributed by atoms with Crippen LogP contribution in [0.5, 0.6) is 0 Å². The fourth-order valence-corrected chi connectivity index (χ4v) is 4.03. The normalized spacial score (nSPS) is 24.7. The number of aromatic nitrogens is 2. The Labute approximate surface area is 127 Å². The maximum Gasteiger partial charge on any atom is 0.229 e. The molecule has 0 aromatic carbocycles. The molecule has 2 aromatic heterocycles. The molecular formula is C15H16N4OS. The zero-order chi connectivity index (χ0) is 14.4. The molecule has 0 bridgehead atoms. The van der Waals surface area contributed by atoms with Gasteiger partial charge in [0.2, 0.25) is 5.91 Å². The molecule has 0 N–H and O–H groups in total. The SMILES string of the molecule is Cc1ccc(N2CC[C@@H]3[C@@H]2CC(=O)N3c2ccsc2)nn1. The van der Waals surface area contributed by atoms with E-state index in [0.29, 0.717) is 6.42 Å². The lowest BCUT2D eigenvalue weighted by atomic mass is 10.1. The van der Waals surface area contributed by atoms with Crippen LogP contribution >= 0.6 is 11.3 Å². The predicted octanol–water partition coefficient (Wildman–Crippen LogP) is 2.23. The van der Waals surface area contributed by atoms with Gasteiger partial charge in [0.05, 0.1) is 23.5 Å². The lowest BCUT2D eigenvalue weighted by molar-refractivity contribution is -0.117.